The molecule has 0 saturated heterocycles. The second-order valence-electron chi connectivity index (χ2n) is 5.78. The molecule has 2 aliphatic heterocycles. The molecule has 2 heteroatoms. The van der Waals surface area contributed by atoms with E-state index in [9.17, 15) is 0 Å². The van der Waals surface area contributed by atoms with Crippen molar-refractivity contribution in [2.75, 3.05) is 18.0 Å². The van der Waals surface area contributed by atoms with Crippen molar-refractivity contribution >= 4 is 5.69 Å². The van der Waals surface area contributed by atoms with Gasteiger partial charge in [-0.05, 0) is 36.5 Å². The summed E-state index contributed by atoms with van der Waals surface area (Å²) in [5.74, 6) is 0.836. The van der Waals surface area contributed by atoms with E-state index in [1.807, 2.05) is 0 Å². The Morgan fingerprint density at radius 1 is 1.29 bits per heavy atom. The molecule has 1 saturated carbocycles. The zero-order chi connectivity index (χ0) is 11.4. The number of hydrogen-bond donors (Lipinski definition) is 1. The molecule has 0 aromatic heterocycles. The van der Waals surface area contributed by atoms with Crippen LogP contribution in [0.5, 0.6) is 0 Å². The van der Waals surface area contributed by atoms with Gasteiger partial charge < -0.3 is 10.2 Å². The van der Waals surface area contributed by atoms with Crippen LogP contribution in [0.2, 0.25) is 0 Å². The maximum absolute atomic E-state index is 3.55. The van der Waals surface area contributed by atoms with E-state index in [1.165, 1.54) is 36.9 Å². The minimum absolute atomic E-state index is 0.810. The highest BCUT2D eigenvalue weighted by molar-refractivity contribution is 5.69. The van der Waals surface area contributed by atoms with Crippen molar-refractivity contribution in [3.8, 4) is 0 Å². The lowest BCUT2D eigenvalue weighted by atomic mass is 9.92. The Bertz CT molecular complexity index is 466. The van der Waals surface area contributed by atoms with E-state index in [-0.39, 0.29) is 0 Å². The number of nitrogens with one attached hydrogen (secondary N) is 1. The summed E-state index contributed by atoms with van der Waals surface area (Å²) in [4.78, 5) is 2.72. The van der Waals surface area contributed by atoms with E-state index >= 15 is 0 Å². The number of rotatable bonds is 0. The zero-order valence-electron chi connectivity index (χ0n) is 10.5. The monoisotopic (exact) mass is 228 g/mol. The van der Waals surface area contributed by atoms with Gasteiger partial charge in [-0.25, -0.2) is 0 Å². The average Bonchev–Trinajstić information content (AvgIpc) is 2.82. The lowest BCUT2D eigenvalue weighted by molar-refractivity contribution is 0.577. The van der Waals surface area contributed by atoms with Gasteiger partial charge in [0, 0.05) is 37.3 Å². The molecule has 2 heterocycles. The number of hydrogen-bond acceptors (Lipinski definition) is 2. The van der Waals surface area contributed by atoms with Crippen LogP contribution in [0.15, 0.2) is 12.1 Å². The highest BCUT2D eigenvalue weighted by Gasteiger charge is 2.43. The first kappa shape index (κ1) is 9.95. The first-order chi connectivity index (χ1) is 8.36. The van der Waals surface area contributed by atoms with Gasteiger partial charge in [-0.15, -0.1) is 0 Å². The molecular formula is C15H20N2. The van der Waals surface area contributed by atoms with E-state index in [0.29, 0.717) is 0 Å². The van der Waals surface area contributed by atoms with E-state index in [4.69, 9.17) is 0 Å². The van der Waals surface area contributed by atoms with Crippen LogP contribution in [0.4, 0.5) is 5.69 Å². The quantitative estimate of drug-likeness (QED) is 0.734. The fourth-order valence-electron chi connectivity index (χ4n) is 4.22. The third-order valence-electron chi connectivity index (χ3n) is 4.90. The first-order valence-electron chi connectivity index (χ1n) is 6.96. The average molecular weight is 228 g/mol. The molecular weight excluding hydrogens is 208 g/mol. The molecule has 90 valence electrons. The van der Waals surface area contributed by atoms with Crippen molar-refractivity contribution in [3.05, 3.63) is 28.8 Å². The predicted molar refractivity (Wildman–Crippen MR) is 70.6 cm³/mol. The maximum Gasteiger partial charge on any atom is 0.0453 e. The third kappa shape index (κ3) is 1.25. The van der Waals surface area contributed by atoms with Crippen molar-refractivity contribution in [1.29, 1.82) is 0 Å². The SMILES string of the molecule is Cc1ccc2c3c1C1CCCC1N3CCNC2. The lowest BCUT2D eigenvalue weighted by Crippen LogP contribution is -2.35. The van der Waals surface area contributed by atoms with Gasteiger partial charge in [0.1, 0.15) is 0 Å². The summed E-state index contributed by atoms with van der Waals surface area (Å²) in [5.41, 5.74) is 6.33. The summed E-state index contributed by atoms with van der Waals surface area (Å²) in [7, 11) is 0. The van der Waals surface area contributed by atoms with Gasteiger partial charge in [0.2, 0.25) is 0 Å². The van der Waals surface area contributed by atoms with Crippen LogP contribution in [0.25, 0.3) is 0 Å². The fraction of sp³-hybridized carbons (Fsp3) is 0.600. The summed E-state index contributed by atoms with van der Waals surface area (Å²) in [6.45, 7) is 5.69. The van der Waals surface area contributed by atoms with Crippen LogP contribution in [0.3, 0.4) is 0 Å². The van der Waals surface area contributed by atoms with Crippen LogP contribution in [0, 0.1) is 6.92 Å². The molecule has 1 aliphatic carbocycles. The Hall–Kier alpha value is -1.02. The van der Waals surface area contributed by atoms with Gasteiger partial charge in [-0.1, -0.05) is 18.6 Å². The molecule has 2 nitrogen and oxygen atoms in total. The summed E-state index contributed by atoms with van der Waals surface area (Å²) in [5, 5.41) is 3.55. The number of nitrogens with zero attached hydrogens (tertiary/aromatic N) is 1. The Morgan fingerprint density at radius 2 is 2.24 bits per heavy atom. The smallest absolute Gasteiger partial charge is 0.0453 e. The van der Waals surface area contributed by atoms with E-state index in [1.54, 1.807) is 11.3 Å². The van der Waals surface area contributed by atoms with Crippen LogP contribution in [-0.4, -0.2) is 19.1 Å². The molecule has 0 spiro atoms. The minimum atomic E-state index is 0.810. The Balaban J connectivity index is 1.96. The molecule has 1 aromatic carbocycles. The molecule has 17 heavy (non-hydrogen) atoms. The summed E-state index contributed by atoms with van der Waals surface area (Å²) < 4.78 is 0. The molecule has 0 radical (unpaired) electrons. The van der Waals surface area contributed by atoms with Gasteiger partial charge in [-0.3, -0.25) is 0 Å². The predicted octanol–water partition coefficient (Wildman–Crippen LogP) is 2.55. The second-order valence-corrected chi connectivity index (χ2v) is 5.78. The maximum atomic E-state index is 3.55. The van der Waals surface area contributed by atoms with Gasteiger partial charge in [0.15, 0.2) is 0 Å². The van der Waals surface area contributed by atoms with Gasteiger partial charge in [0.05, 0.1) is 0 Å². The molecule has 1 aromatic rings. The highest BCUT2D eigenvalue weighted by Crippen LogP contribution is 2.51. The van der Waals surface area contributed by atoms with Crippen molar-refractivity contribution < 1.29 is 0 Å². The Labute approximate surface area is 103 Å². The molecule has 0 amide bonds. The van der Waals surface area contributed by atoms with Gasteiger partial charge in [-0.2, -0.15) is 0 Å². The standard InChI is InChI=1S/C15H20N2/c1-10-5-6-11-9-16-7-8-17-13-4-2-3-12(13)14(10)15(11)17/h5-6,12-13,16H,2-4,7-9H2,1H3. The number of aryl methyl sites for hydroxylation is 1. The number of anilines is 1. The van der Waals surface area contributed by atoms with Crippen LogP contribution in [-0.2, 0) is 6.54 Å². The molecule has 4 rings (SSSR count). The third-order valence-corrected chi connectivity index (χ3v) is 4.90. The molecule has 0 bridgehead atoms. The van der Waals surface area contributed by atoms with Crippen LogP contribution in [0.1, 0.15) is 41.9 Å². The van der Waals surface area contributed by atoms with Crippen molar-refractivity contribution in [2.24, 2.45) is 0 Å². The zero-order valence-corrected chi connectivity index (χ0v) is 10.5. The Kier molecular flexibility index (Phi) is 2.04. The Morgan fingerprint density at radius 3 is 3.18 bits per heavy atom. The molecule has 1 fully saturated rings. The lowest BCUT2D eigenvalue weighted by Gasteiger charge is -2.26. The van der Waals surface area contributed by atoms with Crippen LogP contribution < -0.4 is 10.2 Å². The summed E-state index contributed by atoms with van der Waals surface area (Å²) in [6, 6.07) is 5.48. The second kappa shape index (κ2) is 3.49. The molecule has 2 unspecified atom stereocenters. The van der Waals surface area contributed by atoms with E-state index in [0.717, 1.165) is 25.0 Å². The topological polar surface area (TPSA) is 15.3 Å². The highest BCUT2D eigenvalue weighted by atomic mass is 15.2. The van der Waals surface area contributed by atoms with Crippen molar-refractivity contribution in [3.63, 3.8) is 0 Å². The van der Waals surface area contributed by atoms with Crippen molar-refractivity contribution in [2.45, 2.75) is 44.7 Å². The first-order valence-corrected chi connectivity index (χ1v) is 6.96. The molecule has 1 N–H and O–H groups in total. The molecule has 2 atom stereocenters. The van der Waals surface area contributed by atoms with Gasteiger partial charge in [0.25, 0.3) is 0 Å². The summed E-state index contributed by atoms with van der Waals surface area (Å²) in [6.07, 6.45) is 4.23. The van der Waals surface area contributed by atoms with Crippen LogP contribution >= 0.6 is 0 Å². The van der Waals surface area contributed by atoms with E-state index in [2.05, 4.69) is 29.3 Å². The number of fused-ring (bicyclic) bond motifs is 3. The molecule has 3 aliphatic rings. The van der Waals surface area contributed by atoms with Gasteiger partial charge >= 0.3 is 0 Å². The van der Waals surface area contributed by atoms with E-state index < -0.39 is 0 Å². The summed E-state index contributed by atoms with van der Waals surface area (Å²) >= 11 is 0. The largest absolute Gasteiger partial charge is 0.366 e. The normalized spacial score (nSPS) is 30.1. The fourth-order valence-corrected chi connectivity index (χ4v) is 4.22. The number of benzene rings is 1. The van der Waals surface area contributed by atoms with Crippen molar-refractivity contribution in [1.82, 2.24) is 5.32 Å². The minimum Gasteiger partial charge on any atom is -0.366 e.